The molecule has 0 unspecified atom stereocenters. The van der Waals surface area contributed by atoms with Crippen LogP contribution < -0.4 is 11.1 Å². The lowest BCUT2D eigenvalue weighted by Crippen LogP contribution is -2.31. The van der Waals surface area contributed by atoms with Crippen LogP contribution in [-0.4, -0.2) is 29.8 Å². The second kappa shape index (κ2) is 7.60. The minimum absolute atomic E-state index is 0.205. The summed E-state index contributed by atoms with van der Waals surface area (Å²) in [6, 6.07) is 5.73. The molecule has 2 heterocycles. The van der Waals surface area contributed by atoms with Gasteiger partial charge in [-0.1, -0.05) is 24.1 Å². The van der Waals surface area contributed by atoms with E-state index in [1.807, 2.05) is 32.0 Å². The van der Waals surface area contributed by atoms with Crippen molar-refractivity contribution in [1.29, 1.82) is 0 Å². The summed E-state index contributed by atoms with van der Waals surface area (Å²) < 4.78 is 0. The van der Waals surface area contributed by atoms with Crippen molar-refractivity contribution in [3.8, 4) is 0 Å². The number of hydrogen-bond donors (Lipinski definition) is 2. The minimum Gasteiger partial charge on any atom is -0.365 e. The van der Waals surface area contributed by atoms with Gasteiger partial charge < -0.3 is 11.1 Å². The molecule has 0 atom stereocenters. The molecule has 2 amide bonds. The number of hydrogen-bond acceptors (Lipinski definition) is 4. The lowest BCUT2D eigenvalue weighted by molar-refractivity contribution is 0.1000. The Bertz CT molecular complexity index is 837. The van der Waals surface area contributed by atoms with Crippen LogP contribution >= 0.6 is 11.3 Å². The molecule has 3 N–H and O–H groups in total. The minimum atomic E-state index is -0.470. The number of benzene rings is 1. The van der Waals surface area contributed by atoms with Crippen molar-refractivity contribution in [1.82, 2.24) is 4.90 Å². The van der Waals surface area contributed by atoms with Gasteiger partial charge in [-0.2, -0.15) is 0 Å². The zero-order chi connectivity index (χ0) is 18.8. The number of anilines is 1. The lowest BCUT2D eigenvalue weighted by atomic mass is 10.0. The number of primary amides is 1. The van der Waals surface area contributed by atoms with Gasteiger partial charge in [0.25, 0.3) is 11.8 Å². The van der Waals surface area contributed by atoms with Gasteiger partial charge in [-0.15, -0.1) is 11.3 Å². The van der Waals surface area contributed by atoms with Crippen molar-refractivity contribution < 1.29 is 9.59 Å². The topological polar surface area (TPSA) is 75.4 Å². The van der Waals surface area contributed by atoms with Gasteiger partial charge in [-0.25, -0.2) is 0 Å². The van der Waals surface area contributed by atoms with E-state index in [0.29, 0.717) is 16.1 Å². The van der Waals surface area contributed by atoms with Crippen molar-refractivity contribution in [3.63, 3.8) is 0 Å². The Kier molecular flexibility index (Phi) is 5.44. The largest absolute Gasteiger partial charge is 0.365 e. The zero-order valence-electron chi connectivity index (χ0n) is 15.5. The van der Waals surface area contributed by atoms with Gasteiger partial charge in [0.15, 0.2) is 0 Å². The molecule has 1 aromatic heterocycles. The molecule has 3 rings (SSSR count). The number of aryl methyl sites for hydroxylation is 2. The number of thiophene rings is 1. The fourth-order valence-corrected chi connectivity index (χ4v) is 4.88. The number of amides is 2. The second-order valence-corrected chi connectivity index (χ2v) is 8.03. The molecule has 6 heteroatoms. The first-order chi connectivity index (χ1) is 12.4. The zero-order valence-corrected chi connectivity index (χ0v) is 16.3. The van der Waals surface area contributed by atoms with Gasteiger partial charge in [0.05, 0.1) is 5.56 Å². The Morgan fingerprint density at radius 2 is 1.92 bits per heavy atom. The average Bonchev–Trinajstić information content (AvgIpc) is 2.91. The summed E-state index contributed by atoms with van der Waals surface area (Å²) in [5.41, 5.74) is 9.79. The number of fused-ring (bicyclic) bond motifs is 1. The van der Waals surface area contributed by atoms with Crippen LogP contribution in [0.4, 0.5) is 5.00 Å². The maximum atomic E-state index is 12.7. The summed E-state index contributed by atoms with van der Waals surface area (Å²) in [5.74, 6) is -0.675. The fraction of sp³-hybridized carbons (Fsp3) is 0.400. The Balaban J connectivity index is 1.90. The molecule has 0 fully saturated rings. The lowest BCUT2D eigenvalue weighted by Gasteiger charge is -2.26. The fourth-order valence-electron chi connectivity index (χ4n) is 3.59. The summed E-state index contributed by atoms with van der Waals surface area (Å²) in [7, 11) is 0. The molecule has 0 aliphatic carbocycles. The van der Waals surface area contributed by atoms with Crippen LogP contribution in [0.1, 0.15) is 55.6 Å². The normalized spacial score (nSPS) is 14.1. The summed E-state index contributed by atoms with van der Waals surface area (Å²) in [4.78, 5) is 28.3. The SMILES string of the molecule is CCCN1CCc2c(sc(NC(=O)c3cc(C)cc(C)c3)c2C(N)=O)C1. The van der Waals surface area contributed by atoms with E-state index < -0.39 is 5.91 Å². The Morgan fingerprint density at radius 1 is 1.23 bits per heavy atom. The van der Waals surface area contributed by atoms with E-state index in [9.17, 15) is 9.59 Å². The van der Waals surface area contributed by atoms with Gasteiger partial charge in [0, 0.05) is 23.5 Å². The number of nitrogens with two attached hydrogens (primary N) is 1. The summed E-state index contributed by atoms with van der Waals surface area (Å²) in [5, 5.41) is 3.50. The Morgan fingerprint density at radius 3 is 2.54 bits per heavy atom. The highest BCUT2D eigenvalue weighted by Gasteiger charge is 2.27. The standard InChI is InChI=1S/C20H25N3O2S/c1-4-6-23-7-5-15-16(11-23)26-20(17(15)18(21)24)22-19(25)14-9-12(2)8-13(3)10-14/h8-10H,4-7,11H2,1-3H3,(H2,21,24)(H,22,25). The highest BCUT2D eigenvalue weighted by molar-refractivity contribution is 7.17. The number of carbonyl (C=O) groups excluding carboxylic acids is 2. The van der Waals surface area contributed by atoms with Crippen LogP contribution in [0.25, 0.3) is 0 Å². The molecule has 0 bridgehead atoms. The average molecular weight is 372 g/mol. The van der Waals surface area contributed by atoms with Gasteiger partial charge in [-0.05, 0) is 50.9 Å². The first-order valence-corrected chi connectivity index (χ1v) is 9.77. The molecule has 1 aliphatic heterocycles. The maximum Gasteiger partial charge on any atom is 0.256 e. The van der Waals surface area contributed by atoms with Crippen LogP contribution in [0.2, 0.25) is 0 Å². The van der Waals surface area contributed by atoms with Crippen molar-refractivity contribution in [2.45, 2.75) is 40.2 Å². The quantitative estimate of drug-likeness (QED) is 0.845. The predicted molar refractivity (Wildman–Crippen MR) is 106 cm³/mol. The number of nitrogens with zero attached hydrogens (tertiary/aromatic N) is 1. The van der Waals surface area contributed by atoms with Gasteiger partial charge in [0.1, 0.15) is 5.00 Å². The summed E-state index contributed by atoms with van der Waals surface area (Å²) >= 11 is 1.48. The molecule has 1 aromatic carbocycles. The van der Waals surface area contributed by atoms with E-state index in [-0.39, 0.29) is 5.91 Å². The van der Waals surface area contributed by atoms with E-state index >= 15 is 0 Å². The van der Waals surface area contributed by atoms with E-state index in [0.717, 1.165) is 54.0 Å². The highest BCUT2D eigenvalue weighted by Crippen LogP contribution is 2.37. The molecule has 2 aromatic rings. The molecule has 1 aliphatic rings. The molecule has 5 nitrogen and oxygen atoms in total. The molecule has 0 radical (unpaired) electrons. The first-order valence-electron chi connectivity index (χ1n) is 8.95. The molecular weight excluding hydrogens is 346 g/mol. The second-order valence-electron chi connectivity index (χ2n) is 6.93. The molecule has 0 saturated carbocycles. The molecule has 0 saturated heterocycles. The molecular formula is C20H25N3O2S. The molecule has 0 spiro atoms. The number of carbonyl (C=O) groups is 2. The molecule has 26 heavy (non-hydrogen) atoms. The monoisotopic (exact) mass is 371 g/mol. The molecule has 138 valence electrons. The van der Waals surface area contributed by atoms with E-state index in [1.165, 1.54) is 11.3 Å². The van der Waals surface area contributed by atoms with Crippen LogP contribution in [0.3, 0.4) is 0 Å². The van der Waals surface area contributed by atoms with Crippen molar-refractivity contribution in [3.05, 3.63) is 50.9 Å². The van der Waals surface area contributed by atoms with Gasteiger partial charge >= 0.3 is 0 Å². The van der Waals surface area contributed by atoms with Crippen LogP contribution in [0.15, 0.2) is 18.2 Å². The van der Waals surface area contributed by atoms with Crippen LogP contribution in [0, 0.1) is 13.8 Å². The van der Waals surface area contributed by atoms with Crippen LogP contribution in [-0.2, 0) is 13.0 Å². The van der Waals surface area contributed by atoms with E-state index in [4.69, 9.17) is 5.73 Å². The summed E-state index contributed by atoms with van der Waals surface area (Å²) in [6.45, 7) is 8.85. The van der Waals surface area contributed by atoms with Gasteiger partial charge in [-0.3, -0.25) is 14.5 Å². The van der Waals surface area contributed by atoms with Gasteiger partial charge in [0.2, 0.25) is 0 Å². The highest BCUT2D eigenvalue weighted by atomic mass is 32.1. The number of nitrogens with one attached hydrogen (secondary N) is 1. The van der Waals surface area contributed by atoms with Crippen molar-refractivity contribution in [2.75, 3.05) is 18.4 Å². The first kappa shape index (κ1) is 18.6. The Labute approximate surface area is 158 Å². The maximum absolute atomic E-state index is 12.7. The van der Waals surface area contributed by atoms with Crippen LogP contribution in [0.5, 0.6) is 0 Å². The van der Waals surface area contributed by atoms with E-state index in [2.05, 4.69) is 17.1 Å². The summed E-state index contributed by atoms with van der Waals surface area (Å²) in [6.07, 6.45) is 1.89. The third kappa shape index (κ3) is 3.81. The van der Waals surface area contributed by atoms with Crippen molar-refractivity contribution in [2.24, 2.45) is 5.73 Å². The number of rotatable bonds is 5. The smallest absolute Gasteiger partial charge is 0.256 e. The Hall–Kier alpha value is -2.18. The van der Waals surface area contributed by atoms with E-state index in [1.54, 1.807) is 0 Å². The van der Waals surface area contributed by atoms with Crippen molar-refractivity contribution >= 4 is 28.2 Å². The third-order valence-electron chi connectivity index (χ3n) is 4.63. The predicted octanol–water partition coefficient (Wildman–Crippen LogP) is 3.48. The third-order valence-corrected chi connectivity index (χ3v) is 5.77.